The van der Waals surface area contributed by atoms with E-state index in [1.54, 1.807) is 19.2 Å². The Kier molecular flexibility index (Phi) is 3.29. The number of nitrogens with zero attached hydrogens (tertiary/aromatic N) is 3. The quantitative estimate of drug-likeness (QED) is 0.740. The summed E-state index contributed by atoms with van der Waals surface area (Å²) in [5.41, 5.74) is 1.46. The summed E-state index contributed by atoms with van der Waals surface area (Å²) in [5, 5.41) is 4.37. The van der Waals surface area contributed by atoms with E-state index >= 15 is 0 Å². The van der Waals surface area contributed by atoms with Crippen LogP contribution in [0.1, 0.15) is 12.0 Å². The normalized spacial score (nSPS) is 11.3. The highest BCUT2D eigenvalue weighted by Crippen LogP contribution is 2.34. The summed E-state index contributed by atoms with van der Waals surface area (Å²) < 4.78 is 33.3. The first-order chi connectivity index (χ1) is 10.1. The number of para-hydroxylation sites is 1. The SMILES string of the molecule is COc1ccccc1-c1cc(C(F)F)c2cnn(C)c2n1. The number of aryl methyl sites for hydroxylation is 1. The van der Waals surface area contributed by atoms with Crippen LogP contribution < -0.4 is 4.74 Å². The topological polar surface area (TPSA) is 39.9 Å². The van der Waals surface area contributed by atoms with E-state index in [4.69, 9.17) is 4.74 Å². The molecule has 0 amide bonds. The van der Waals surface area contributed by atoms with Crippen LogP contribution in [0.3, 0.4) is 0 Å². The second kappa shape index (κ2) is 5.12. The minimum Gasteiger partial charge on any atom is -0.496 e. The van der Waals surface area contributed by atoms with Crippen LogP contribution in [0.4, 0.5) is 8.78 Å². The van der Waals surface area contributed by atoms with E-state index in [1.165, 1.54) is 24.1 Å². The summed E-state index contributed by atoms with van der Waals surface area (Å²) in [6, 6.07) is 8.59. The molecule has 0 N–H and O–H groups in total. The van der Waals surface area contributed by atoms with Crippen LogP contribution in [0.5, 0.6) is 5.75 Å². The predicted molar refractivity (Wildman–Crippen MR) is 75.5 cm³/mol. The summed E-state index contributed by atoms with van der Waals surface area (Å²) in [7, 11) is 3.21. The minimum atomic E-state index is -2.59. The number of fused-ring (bicyclic) bond motifs is 1. The minimum absolute atomic E-state index is 0.0750. The fourth-order valence-electron chi connectivity index (χ4n) is 2.31. The molecule has 6 heteroatoms. The van der Waals surface area contributed by atoms with Gasteiger partial charge in [-0.05, 0) is 18.2 Å². The van der Waals surface area contributed by atoms with E-state index in [9.17, 15) is 8.78 Å². The maximum atomic E-state index is 13.3. The Hall–Kier alpha value is -2.50. The molecule has 0 aliphatic rings. The second-order valence-electron chi connectivity index (χ2n) is 4.60. The van der Waals surface area contributed by atoms with Crippen molar-refractivity contribution < 1.29 is 13.5 Å². The van der Waals surface area contributed by atoms with Crippen molar-refractivity contribution in [1.82, 2.24) is 14.8 Å². The molecule has 4 nitrogen and oxygen atoms in total. The maximum Gasteiger partial charge on any atom is 0.264 e. The number of rotatable bonds is 3. The van der Waals surface area contributed by atoms with Crippen molar-refractivity contribution in [1.29, 1.82) is 0 Å². The van der Waals surface area contributed by atoms with Gasteiger partial charge in [-0.25, -0.2) is 13.8 Å². The average molecular weight is 289 g/mol. The lowest BCUT2D eigenvalue weighted by atomic mass is 10.1. The molecule has 0 fully saturated rings. The molecular weight excluding hydrogens is 276 g/mol. The van der Waals surface area contributed by atoms with Crippen molar-refractivity contribution in [2.45, 2.75) is 6.43 Å². The fourth-order valence-corrected chi connectivity index (χ4v) is 2.31. The van der Waals surface area contributed by atoms with Gasteiger partial charge in [-0.2, -0.15) is 5.10 Å². The van der Waals surface area contributed by atoms with Crippen LogP contribution in [0.15, 0.2) is 36.5 Å². The van der Waals surface area contributed by atoms with Crippen LogP contribution in [0.2, 0.25) is 0 Å². The Balaban J connectivity index is 2.30. The number of methoxy groups -OCH3 is 1. The molecule has 0 atom stereocenters. The number of alkyl halides is 2. The molecule has 0 saturated heterocycles. The van der Waals surface area contributed by atoms with Gasteiger partial charge in [0.05, 0.1) is 19.0 Å². The van der Waals surface area contributed by atoms with Gasteiger partial charge < -0.3 is 4.74 Å². The molecule has 3 rings (SSSR count). The van der Waals surface area contributed by atoms with E-state index < -0.39 is 6.43 Å². The third-order valence-electron chi connectivity index (χ3n) is 3.36. The molecule has 0 aliphatic heterocycles. The van der Waals surface area contributed by atoms with E-state index in [0.717, 1.165) is 0 Å². The van der Waals surface area contributed by atoms with Crippen molar-refractivity contribution in [3.8, 4) is 17.0 Å². The number of aromatic nitrogens is 3. The van der Waals surface area contributed by atoms with E-state index in [2.05, 4.69) is 10.1 Å². The lowest BCUT2D eigenvalue weighted by molar-refractivity contribution is 0.153. The van der Waals surface area contributed by atoms with Gasteiger partial charge in [-0.1, -0.05) is 12.1 Å². The predicted octanol–water partition coefficient (Wildman–Crippen LogP) is 3.58. The highest BCUT2D eigenvalue weighted by atomic mass is 19.3. The van der Waals surface area contributed by atoms with Crippen LogP contribution >= 0.6 is 0 Å². The smallest absolute Gasteiger partial charge is 0.264 e. The molecule has 0 spiro atoms. The Morgan fingerprint density at radius 3 is 2.71 bits per heavy atom. The van der Waals surface area contributed by atoms with Crippen molar-refractivity contribution in [2.75, 3.05) is 7.11 Å². The molecular formula is C15H13F2N3O. The molecule has 21 heavy (non-hydrogen) atoms. The summed E-state index contributed by atoms with van der Waals surface area (Å²) in [5.74, 6) is 0.590. The van der Waals surface area contributed by atoms with E-state index in [-0.39, 0.29) is 5.56 Å². The lowest BCUT2D eigenvalue weighted by Gasteiger charge is -2.10. The van der Waals surface area contributed by atoms with Crippen molar-refractivity contribution in [3.05, 3.63) is 42.1 Å². The standard InChI is InChI=1S/C15H13F2N3O/c1-20-15-11(8-18-20)10(14(16)17)7-12(19-15)9-5-3-4-6-13(9)21-2/h3-8,14H,1-2H3. The van der Waals surface area contributed by atoms with Gasteiger partial charge in [0.1, 0.15) is 5.75 Å². The molecule has 0 unspecified atom stereocenters. The van der Waals surface area contributed by atoms with Gasteiger partial charge in [0.25, 0.3) is 6.43 Å². The molecule has 0 aliphatic carbocycles. The first-order valence-electron chi connectivity index (χ1n) is 6.36. The lowest BCUT2D eigenvalue weighted by Crippen LogP contribution is -1.97. The average Bonchev–Trinajstić information content (AvgIpc) is 2.87. The second-order valence-corrected chi connectivity index (χ2v) is 4.60. The van der Waals surface area contributed by atoms with Gasteiger partial charge in [-0.15, -0.1) is 0 Å². The van der Waals surface area contributed by atoms with E-state index in [1.807, 2.05) is 12.1 Å². The van der Waals surface area contributed by atoms with Gasteiger partial charge in [0, 0.05) is 23.6 Å². The molecule has 0 bridgehead atoms. The molecule has 2 aromatic heterocycles. The third-order valence-corrected chi connectivity index (χ3v) is 3.36. The number of halogens is 2. The van der Waals surface area contributed by atoms with E-state index in [0.29, 0.717) is 28.0 Å². The largest absolute Gasteiger partial charge is 0.496 e. The molecule has 0 saturated carbocycles. The summed E-state index contributed by atoms with van der Waals surface area (Å²) >= 11 is 0. The van der Waals surface area contributed by atoms with Crippen LogP contribution in [-0.4, -0.2) is 21.9 Å². The molecule has 0 radical (unpaired) electrons. The van der Waals surface area contributed by atoms with Crippen LogP contribution in [0, 0.1) is 0 Å². The number of hydrogen-bond donors (Lipinski definition) is 0. The fraction of sp³-hybridized carbons (Fsp3) is 0.200. The van der Waals surface area contributed by atoms with Gasteiger partial charge >= 0.3 is 0 Å². The van der Waals surface area contributed by atoms with Crippen molar-refractivity contribution in [2.24, 2.45) is 7.05 Å². The third kappa shape index (κ3) is 2.22. The van der Waals surface area contributed by atoms with Crippen molar-refractivity contribution in [3.63, 3.8) is 0 Å². The number of hydrogen-bond acceptors (Lipinski definition) is 3. The first-order valence-corrected chi connectivity index (χ1v) is 6.36. The van der Waals surface area contributed by atoms with Crippen LogP contribution in [-0.2, 0) is 7.05 Å². The summed E-state index contributed by atoms with van der Waals surface area (Å²) in [6.07, 6.45) is -1.18. The monoisotopic (exact) mass is 289 g/mol. The molecule has 2 heterocycles. The number of benzene rings is 1. The first kappa shape index (κ1) is 13.5. The maximum absolute atomic E-state index is 13.3. The Morgan fingerprint density at radius 1 is 1.24 bits per heavy atom. The zero-order valence-electron chi connectivity index (χ0n) is 11.5. The Bertz CT molecular complexity index is 799. The molecule has 108 valence electrons. The highest BCUT2D eigenvalue weighted by Gasteiger charge is 2.18. The number of pyridine rings is 1. The zero-order chi connectivity index (χ0) is 15.0. The Labute approximate surface area is 120 Å². The summed E-state index contributed by atoms with van der Waals surface area (Å²) in [4.78, 5) is 4.44. The molecule has 3 aromatic rings. The van der Waals surface area contributed by atoms with Crippen LogP contribution in [0.25, 0.3) is 22.3 Å². The summed E-state index contributed by atoms with van der Waals surface area (Å²) in [6.45, 7) is 0. The Morgan fingerprint density at radius 2 is 2.00 bits per heavy atom. The molecule has 1 aromatic carbocycles. The van der Waals surface area contributed by atoms with Gasteiger partial charge in [0.15, 0.2) is 5.65 Å². The van der Waals surface area contributed by atoms with Gasteiger partial charge in [-0.3, -0.25) is 4.68 Å². The van der Waals surface area contributed by atoms with Crippen molar-refractivity contribution >= 4 is 11.0 Å². The highest BCUT2D eigenvalue weighted by molar-refractivity contribution is 5.83. The van der Waals surface area contributed by atoms with Gasteiger partial charge in [0.2, 0.25) is 0 Å². The zero-order valence-corrected chi connectivity index (χ0v) is 11.5. The number of ether oxygens (including phenoxy) is 1.